The monoisotopic (exact) mass is 495 g/mol. The Balaban J connectivity index is 1.39. The summed E-state index contributed by atoms with van der Waals surface area (Å²) < 4.78 is 1.83. The number of aromatic nitrogens is 3. The van der Waals surface area contributed by atoms with Crippen LogP contribution in [0.15, 0.2) is 83.9 Å². The van der Waals surface area contributed by atoms with E-state index in [0.717, 1.165) is 35.4 Å². The molecule has 1 aliphatic rings. The molecule has 1 unspecified atom stereocenters. The molecule has 1 atom stereocenters. The van der Waals surface area contributed by atoms with Crippen molar-refractivity contribution in [2.75, 3.05) is 7.05 Å². The maximum atomic E-state index is 13.6. The van der Waals surface area contributed by atoms with E-state index in [0.29, 0.717) is 6.54 Å². The van der Waals surface area contributed by atoms with E-state index in [1.54, 1.807) is 19.4 Å². The number of carbonyl (C=O) groups is 2. The zero-order valence-corrected chi connectivity index (χ0v) is 20.8. The summed E-state index contributed by atoms with van der Waals surface area (Å²) in [6.45, 7) is 2.16. The number of nitrogens with one attached hydrogen (secondary N) is 2. The number of amides is 2. The molecule has 1 fully saturated rings. The van der Waals surface area contributed by atoms with Crippen LogP contribution in [0.25, 0.3) is 11.3 Å². The van der Waals surface area contributed by atoms with Crippen molar-refractivity contribution in [3.63, 3.8) is 0 Å². The summed E-state index contributed by atoms with van der Waals surface area (Å²) in [5.74, 6) is -0.935. The van der Waals surface area contributed by atoms with Crippen molar-refractivity contribution in [2.24, 2.45) is 0 Å². The molecule has 2 aromatic heterocycles. The fourth-order valence-electron chi connectivity index (χ4n) is 4.25. The number of pyridine rings is 1. The van der Waals surface area contributed by atoms with Crippen LogP contribution >= 0.6 is 0 Å². The predicted molar refractivity (Wildman–Crippen MR) is 141 cm³/mol. The van der Waals surface area contributed by atoms with Gasteiger partial charge in [-0.05, 0) is 31.4 Å². The second kappa shape index (κ2) is 10.3. The highest BCUT2D eigenvalue weighted by Crippen LogP contribution is 2.35. The Morgan fingerprint density at radius 3 is 2.38 bits per heavy atom. The second-order valence-corrected chi connectivity index (χ2v) is 9.43. The lowest BCUT2D eigenvalue weighted by Crippen LogP contribution is -2.37. The van der Waals surface area contributed by atoms with Gasteiger partial charge in [-0.2, -0.15) is 5.10 Å². The summed E-state index contributed by atoms with van der Waals surface area (Å²) in [7, 11) is 1.65. The number of hydrogen-bond acceptors (Lipinski definition) is 4. The van der Waals surface area contributed by atoms with Gasteiger partial charge in [0.15, 0.2) is 0 Å². The molecule has 2 aromatic carbocycles. The average Bonchev–Trinajstić information content (AvgIpc) is 3.67. The van der Waals surface area contributed by atoms with Crippen molar-refractivity contribution in [3.05, 3.63) is 112 Å². The van der Waals surface area contributed by atoms with Crippen molar-refractivity contribution in [3.8, 4) is 11.3 Å². The molecule has 2 heterocycles. The van der Waals surface area contributed by atoms with Gasteiger partial charge in [0.25, 0.3) is 11.8 Å². The Labute approximate surface area is 215 Å². The molecule has 1 aliphatic carbocycles. The molecule has 2 N–H and O–H groups in total. The van der Waals surface area contributed by atoms with Gasteiger partial charge in [-0.3, -0.25) is 19.5 Å². The van der Waals surface area contributed by atoms with Crippen molar-refractivity contribution >= 4 is 11.8 Å². The molecule has 0 radical (unpaired) electrons. The number of hydrogen-bond donors (Lipinski definition) is 2. The smallest absolute Gasteiger partial charge is 0.259 e. The summed E-state index contributed by atoms with van der Waals surface area (Å²) in [6.07, 6.45) is 5.05. The topological polar surface area (TPSA) is 100 Å². The Bertz CT molecular complexity index is 1470. The van der Waals surface area contributed by atoms with E-state index in [2.05, 4.69) is 15.5 Å². The molecular formula is C29H29N5O3. The van der Waals surface area contributed by atoms with E-state index in [4.69, 9.17) is 0 Å². The van der Waals surface area contributed by atoms with Crippen molar-refractivity contribution in [1.29, 1.82) is 0 Å². The molecule has 2 amide bonds. The minimum Gasteiger partial charge on any atom is -0.349 e. The third kappa shape index (κ3) is 5.23. The lowest BCUT2D eigenvalue weighted by molar-refractivity contribution is 0.0737. The van der Waals surface area contributed by atoms with Crippen molar-refractivity contribution in [2.45, 2.75) is 38.4 Å². The first-order valence-corrected chi connectivity index (χ1v) is 12.4. The van der Waals surface area contributed by atoms with Gasteiger partial charge in [-0.25, -0.2) is 0 Å². The lowest BCUT2D eigenvalue weighted by atomic mass is 10.1. The van der Waals surface area contributed by atoms with Crippen LogP contribution < -0.4 is 10.7 Å². The SMILES string of the molecule is CC(c1cc(-c2ccccc2)n[nH]1)N(C)C(=O)c1cn(C2CC2)cc(C(=O)NCc2ccccc2)c1=O. The molecule has 37 heavy (non-hydrogen) atoms. The summed E-state index contributed by atoms with van der Waals surface area (Å²) in [5.41, 5.74) is 2.80. The standard InChI is InChI=1S/C29H29N5O3/c1-19(25-15-26(32-31-25)21-11-7-4-8-12-21)33(2)29(37)24-18-34(22-13-14-22)17-23(27(24)35)28(36)30-16-20-9-5-3-6-10-20/h3-12,15,17-19,22H,13-14,16H2,1-2H3,(H,30,36)(H,31,32). The van der Waals surface area contributed by atoms with Crippen molar-refractivity contribution in [1.82, 2.24) is 25.0 Å². The normalized spacial score (nSPS) is 13.7. The van der Waals surface area contributed by atoms with Crippen LogP contribution in [-0.4, -0.2) is 38.5 Å². The molecule has 1 saturated carbocycles. The molecule has 0 saturated heterocycles. The molecule has 8 nitrogen and oxygen atoms in total. The number of benzene rings is 2. The van der Waals surface area contributed by atoms with E-state index in [1.165, 1.54) is 4.90 Å². The fraction of sp³-hybridized carbons (Fsp3) is 0.241. The quantitative estimate of drug-likeness (QED) is 0.380. The van der Waals surface area contributed by atoms with Crippen LogP contribution in [0.4, 0.5) is 0 Å². The number of nitrogens with zero attached hydrogens (tertiary/aromatic N) is 3. The van der Waals surface area contributed by atoms with E-state index in [1.807, 2.05) is 78.2 Å². The van der Waals surface area contributed by atoms with Gasteiger partial charge in [0.1, 0.15) is 11.1 Å². The van der Waals surface area contributed by atoms with Gasteiger partial charge in [-0.15, -0.1) is 0 Å². The number of carbonyl (C=O) groups excluding carboxylic acids is 2. The maximum Gasteiger partial charge on any atom is 0.259 e. The first kappa shape index (κ1) is 24.2. The zero-order valence-electron chi connectivity index (χ0n) is 20.8. The maximum absolute atomic E-state index is 13.6. The lowest BCUT2D eigenvalue weighted by Gasteiger charge is -2.24. The van der Waals surface area contributed by atoms with Crippen LogP contribution in [0.1, 0.15) is 63.8 Å². The first-order valence-electron chi connectivity index (χ1n) is 12.4. The Morgan fingerprint density at radius 2 is 1.70 bits per heavy atom. The Kier molecular flexibility index (Phi) is 6.72. The summed E-state index contributed by atoms with van der Waals surface area (Å²) in [5, 5.41) is 10.2. The third-order valence-corrected chi connectivity index (χ3v) is 6.80. The van der Waals surface area contributed by atoms with Crippen molar-refractivity contribution < 1.29 is 9.59 Å². The molecule has 4 aromatic rings. The van der Waals surface area contributed by atoms with Gasteiger partial charge in [0.05, 0.1) is 17.4 Å². The number of H-pyrrole nitrogens is 1. The third-order valence-electron chi connectivity index (χ3n) is 6.80. The van der Waals surface area contributed by atoms with Gasteiger partial charge in [0.2, 0.25) is 5.43 Å². The van der Waals surface area contributed by atoms with Gasteiger partial charge in [-0.1, -0.05) is 60.7 Å². The van der Waals surface area contributed by atoms with Gasteiger partial charge >= 0.3 is 0 Å². The Hall–Kier alpha value is -4.46. The van der Waals surface area contributed by atoms with Crippen LogP contribution in [0.2, 0.25) is 0 Å². The van der Waals surface area contributed by atoms with Crippen LogP contribution in [-0.2, 0) is 6.54 Å². The molecule has 188 valence electrons. The Morgan fingerprint density at radius 1 is 1.05 bits per heavy atom. The molecule has 0 spiro atoms. The van der Waals surface area contributed by atoms with Crippen LogP contribution in [0.5, 0.6) is 0 Å². The van der Waals surface area contributed by atoms with E-state index in [9.17, 15) is 14.4 Å². The highest BCUT2D eigenvalue weighted by molar-refractivity contribution is 5.99. The zero-order chi connectivity index (χ0) is 25.9. The highest BCUT2D eigenvalue weighted by atomic mass is 16.2. The van der Waals surface area contributed by atoms with E-state index < -0.39 is 17.2 Å². The highest BCUT2D eigenvalue weighted by Gasteiger charge is 2.29. The molecule has 5 rings (SSSR count). The fourth-order valence-corrected chi connectivity index (χ4v) is 4.25. The second-order valence-electron chi connectivity index (χ2n) is 9.43. The summed E-state index contributed by atoms with van der Waals surface area (Å²) >= 11 is 0. The molecule has 0 aliphatic heterocycles. The van der Waals surface area contributed by atoms with Gasteiger partial charge < -0.3 is 14.8 Å². The van der Waals surface area contributed by atoms with E-state index >= 15 is 0 Å². The van der Waals surface area contributed by atoms with Crippen LogP contribution in [0, 0.1) is 0 Å². The minimum absolute atomic E-state index is 0.0172. The largest absolute Gasteiger partial charge is 0.349 e. The average molecular weight is 496 g/mol. The number of rotatable bonds is 8. The number of aromatic amines is 1. The first-order chi connectivity index (χ1) is 17.9. The molecular weight excluding hydrogens is 466 g/mol. The summed E-state index contributed by atoms with van der Waals surface area (Å²) in [6, 6.07) is 21.0. The summed E-state index contributed by atoms with van der Waals surface area (Å²) in [4.78, 5) is 41.4. The predicted octanol–water partition coefficient (Wildman–Crippen LogP) is 4.34. The minimum atomic E-state index is -0.568. The van der Waals surface area contributed by atoms with Gasteiger partial charge in [0, 0.05) is 37.6 Å². The molecule has 0 bridgehead atoms. The van der Waals surface area contributed by atoms with Crippen LogP contribution in [0.3, 0.4) is 0 Å². The van der Waals surface area contributed by atoms with E-state index in [-0.39, 0.29) is 23.2 Å². The molecule has 8 heteroatoms.